The molecule has 0 aliphatic heterocycles. The number of aryl methyl sites for hydroxylation is 2. The Hall–Kier alpha value is -3.22. The largest absolute Gasteiger partial charge is 0.467 e. The van der Waals surface area contributed by atoms with Crippen LogP contribution in [-0.2, 0) is 11.3 Å². The van der Waals surface area contributed by atoms with Crippen molar-refractivity contribution in [2.45, 2.75) is 40.3 Å². The van der Waals surface area contributed by atoms with Crippen LogP contribution in [0.4, 0.5) is 0 Å². The average molecular weight is 367 g/mol. The van der Waals surface area contributed by atoms with Crippen LogP contribution in [-0.4, -0.2) is 32.4 Å². The molecule has 0 saturated carbocycles. The summed E-state index contributed by atoms with van der Waals surface area (Å²) in [6, 6.07) is 5.51. The minimum Gasteiger partial charge on any atom is -0.467 e. The van der Waals surface area contributed by atoms with Gasteiger partial charge in [-0.25, -0.2) is 9.78 Å². The fraction of sp³-hybridized carbons (Fsp3) is 0.300. The van der Waals surface area contributed by atoms with Gasteiger partial charge in [-0.3, -0.25) is 9.78 Å². The van der Waals surface area contributed by atoms with Crippen molar-refractivity contribution in [1.82, 2.24) is 14.5 Å². The Kier molecular flexibility index (Phi) is 5.21. The fourth-order valence-electron chi connectivity index (χ4n) is 2.84. The Morgan fingerprint density at radius 1 is 1.22 bits per heavy atom. The van der Waals surface area contributed by atoms with Crippen molar-refractivity contribution >= 4 is 11.8 Å². The Bertz CT molecular complexity index is 956. The highest BCUT2D eigenvalue weighted by Crippen LogP contribution is 2.20. The first-order valence-electron chi connectivity index (χ1n) is 8.59. The summed E-state index contributed by atoms with van der Waals surface area (Å²) in [6.45, 7) is 7.65. The Labute approximate surface area is 157 Å². The molecule has 27 heavy (non-hydrogen) atoms. The number of carbonyl (C=O) groups is 2. The number of hydrogen-bond donors (Lipinski definition) is 0. The highest BCUT2D eigenvalue weighted by molar-refractivity contribution is 6.02. The number of Topliss-reactive ketones (excluding diaryl/α,β-unsaturated/α-hetero) is 1. The molecule has 0 amide bonds. The number of ketones is 1. The lowest BCUT2D eigenvalue weighted by Crippen LogP contribution is -2.25. The normalized spacial score (nSPS) is 12.0. The van der Waals surface area contributed by atoms with Gasteiger partial charge in [0.15, 0.2) is 11.8 Å². The number of aromatic nitrogens is 3. The summed E-state index contributed by atoms with van der Waals surface area (Å²) >= 11 is 0. The molecule has 3 aromatic rings. The van der Waals surface area contributed by atoms with Crippen molar-refractivity contribution in [3.63, 3.8) is 0 Å². The van der Waals surface area contributed by atoms with Crippen LogP contribution >= 0.6 is 0 Å². The molecule has 0 fully saturated rings. The smallest absolute Gasteiger partial charge is 0.359 e. The third kappa shape index (κ3) is 3.97. The molecule has 0 aliphatic rings. The summed E-state index contributed by atoms with van der Waals surface area (Å²) < 4.78 is 12.7. The van der Waals surface area contributed by atoms with Crippen LogP contribution in [0.15, 0.2) is 41.3 Å². The second-order valence-electron chi connectivity index (χ2n) is 6.41. The van der Waals surface area contributed by atoms with Gasteiger partial charge in [-0.2, -0.15) is 0 Å². The van der Waals surface area contributed by atoms with E-state index in [0.29, 0.717) is 17.8 Å². The second-order valence-corrected chi connectivity index (χ2v) is 6.41. The van der Waals surface area contributed by atoms with E-state index in [4.69, 9.17) is 9.15 Å². The van der Waals surface area contributed by atoms with E-state index in [1.165, 1.54) is 12.4 Å². The Morgan fingerprint density at radius 3 is 2.63 bits per heavy atom. The molecule has 1 unspecified atom stereocenters. The monoisotopic (exact) mass is 367 g/mol. The highest BCUT2D eigenvalue weighted by Gasteiger charge is 2.25. The third-order valence-corrected chi connectivity index (χ3v) is 4.38. The maximum Gasteiger partial charge on any atom is 0.359 e. The maximum atomic E-state index is 12.8. The molecule has 7 heteroatoms. The first-order valence-corrected chi connectivity index (χ1v) is 8.59. The Morgan fingerprint density at radius 2 is 2.00 bits per heavy atom. The van der Waals surface area contributed by atoms with Crippen molar-refractivity contribution in [3.05, 3.63) is 71.0 Å². The molecule has 0 aliphatic carbocycles. The lowest BCUT2D eigenvalue weighted by Gasteiger charge is -2.12. The van der Waals surface area contributed by atoms with E-state index in [1.54, 1.807) is 26.2 Å². The van der Waals surface area contributed by atoms with Gasteiger partial charge in [-0.1, -0.05) is 0 Å². The van der Waals surface area contributed by atoms with Gasteiger partial charge >= 0.3 is 5.97 Å². The zero-order valence-corrected chi connectivity index (χ0v) is 15.7. The molecule has 7 nitrogen and oxygen atoms in total. The number of esters is 1. The van der Waals surface area contributed by atoms with E-state index in [0.717, 1.165) is 17.1 Å². The van der Waals surface area contributed by atoms with Gasteiger partial charge in [0.05, 0.1) is 24.7 Å². The number of nitrogens with zero attached hydrogens (tertiary/aromatic N) is 3. The van der Waals surface area contributed by atoms with Crippen LogP contribution in [0.5, 0.6) is 0 Å². The average Bonchev–Trinajstić information content (AvgIpc) is 3.25. The highest BCUT2D eigenvalue weighted by atomic mass is 16.5. The molecule has 0 bridgehead atoms. The molecule has 0 N–H and O–H groups in total. The predicted octanol–water partition coefficient (Wildman–Crippen LogP) is 3.27. The summed E-state index contributed by atoms with van der Waals surface area (Å²) in [7, 11) is 0. The third-order valence-electron chi connectivity index (χ3n) is 4.38. The minimum atomic E-state index is -0.932. The first kappa shape index (κ1) is 18.6. The number of rotatable bonds is 6. The van der Waals surface area contributed by atoms with E-state index in [1.807, 2.05) is 30.5 Å². The number of ether oxygens (including phenoxy) is 1. The van der Waals surface area contributed by atoms with Crippen LogP contribution < -0.4 is 0 Å². The first-order chi connectivity index (χ1) is 12.9. The quantitative estimate of drug-likeness (QED) is 0.491. The van der Waals surface area contributed by atoms with Gasteiger partial charge < -0.3 is 13.7 Å². The van der Waals surface area contributed by atoms with Gasteiger partial charge in [0.25, 0.3) is 0 Å². The van der Waals surface area contributed by atoms with E-state index < -0.39 is 12.1 Å². The summed E-state index contributed by atoms with van der Waals surface area (Å²) in [5.41, 5.74) is 3.01. The molecule has 3 rings (SSSR count). The number of hydrogen-bond acceptors (Lipinski definition) is 6. The topological polar surface area (TPSA) is 87.2 Å². The predicted molar refractivity (Wildman–Crippen MR) is 97.7 cm³/mol. The molecule has 0 aromatic carbocycles. The van der Waals surface area contributed by atoms with Gasteiger partial charge in [0, 0.05) is 23.1 Å². The zero-order chi connectivity index (χ0) is 19.6. The molecular weight excluding hydrogens is 346 g/mol. The van der Waals surface area contributed by atoms with Crippen molar-refractivity contribution in [2.24, 2.45) is 0 Å². The minimum absolute atomic E-state index is 0.0727. The van der Waals surface area contributed by atoms with Gasteiger partial charge in [0.2, 0.25) is 5.78 Å². The van der Waals surface area contributed by atoms with Crippen molar-refractivity contribution in [1.29, 1.82) is 0 Å². The Balaban J connectivity index is 1.75. The van der Waals surface area contributed by atoms with Crippen LogP contribution in [0, 0.1) is 20.8 Å². The summed E-state index contributed by atoms with van der Waals surface area (Å²) in [6.07, 6.45) is 3.50. The molecule has 1 atom stereocenters. The molecule has 3 aromatic heterocycles. The number of carbonyl (C=O) groups excluding carboxylic acids is 2. The zero-order valence-electron chi connectivity index (χ0n) is 15.7. The van der Waals surface area contributed by atoms with Crippen molar-refractivity contribution in [2.75, 3.05) is 0 Å². The molecular formula is C20H21N3O4. The molecule has 0 saturated heterocycles. The second kappa shape index (κ2) is 7.57. The lowest BCUT2D eigenvalue weighted by molar-refractivity contribution is 0.0312. The lowest BCUT2D eigenvalue weighted by atomic mass is 10.1. The molecule has 140 valence electrons. The standard InChI is InChI=1S/C20H21N3O4/c1-12-9-22-18(10-21-12)20(25)27-15(4)19(24)17-8-13(2)23(14(17)3)11-16-6-5-7-26-16/h5-10,15H,11H2,1-4H3. The molecule has 3 heterocycles. The van der Waals surface area contributed by atoms with Crippen molar-refractivity contribution < 1.29 is 18.7 Å². The van der Waals surface area contributed by atoms with Gasteiger partial charge in [0.1, 0.15) is 5.76 Å². The van der Waals surface area contributed by atoms with Gasteiger partial charge in [-0.05, 0) is 45.9 Å². The van der Waals surface area contributed by atoms with Crippen LogP contribution in [0.2, 0.25) is 0 Å². The van der Waals surface area contributed by atoms with Crippen LogP contribution in [0.25, 0.3) is 0 Å². The summed E-state index contributed by atoms with van der Waals surface area (Å²) in [5.74, 6) is -0.136. The molecule has 0 spiro atoms. The van der Waals surface area contributed by atoms with Crippen LogP contribution in [0.3, 0.4) is 0 Å². The van der Waals surface area contributed by atoms with E-state index >= 15 is 0 Å². The summed E-state index contributed by atoms with van der Waals surface area (Å²) in [4.78, 5) is 33.0. The van der Waals surface area contributed by atoms with Crippen LogP contribution in [0.1, 0.15) is 50.6 Å². The van der Waals surface area contributed by atoms with Crippen molar-refractivity contribution in [3.8, 4) is 0 Å². The summed E-state index contributed by atoms with van der Waals surface area (Å²) in [5, 5.41) is 0. The van der Waals surface area contributed by atoms with E-state index in [-0.39, 0.29) is 11.5 Å². The molecule has 0 radical (unpaired) electrons. The maximum absolute atomic E-state index is 12.8. The fourth-order valence-corrected chi connectivity index (χ4v) is 2.84. The van der Waals surface area contributed by atoms with E-state index in [2.05, 4.69) is 9.97 Å². The van der Waals surface area contributed by atoms with Gasteiger partial charge in [-0.15, -0.1) is 0 Å². The van der Waals surface area contributed by atoms with E-state index in [9.17, 15) is 9.59 Å². The number of furan rings is 1. The SMILES string of the molecule is Cc1cnc(C(=O)OC(C)C(=O)c2cc(C)n(Cc3ccco3)c2C)cn1.